The maximum Gasteiger partial charge on any atom is 0.0463 e. The minimum atomic E-state index is 1.07. The van der Waals surface area contributed by atoms with Crippen LogP contribution in [0.2, 0.25) is 0 Å². The first-order valence-corrected chi connectivity index (χ1v) is 13.1. The number of anilines is 2. The molecular formula is C37H27N. The van der Waals surface area contributed by atoms with E-state index in [1.165, 1.54) is 60.1 Å². The summed E-state index contributed by atoms with van der Waals surface area (Å²) in [5.74, 6) is 0. The summed E-state index contributed by atoms with van der Waals surface area (Å²) in [7, 11) is 0. The van der Waals surface area contributed by atoms with E-state index in [1.807, 2.05) is 0 Å². The first-order chi connectivity index (χ1) is 18.7. The molecule has 0 radical (unpaired) electrons. The largest absolute Gasteiger partial charge is 0.355 e. The number of hydrogen-bond donors (Lipinski definition) is 1. The van der Waals surface area contributed by atoms with Gasteiger partial charge in [-0.3, -0.25) is 0 Å². The molecule has 0 aliphatic rings. The van der Waals surface area contributed by atoms with Gasteiger partial charge in [-0.1, -0.05) is 115 Å². The van der Waals surface area contributed by atoms with Crippen molar-refractivity contribution in [3.05, 3.63) is 145 Å². The molecule has 0 spiro atoms. The molecule has 0 atom stereocenters. The second-order valence-electron chi connectivity index (χ2n) is 9.95. The zero-order valence-corrected chi connectivity index (χ0v) is 21.3. The summed E-state index contributed by atoms with van der Waals surface area (Å²) in [5, 5.41) is 11.5. The van der Waals surface area contributed by atoms with E-state index in [1.54, 1.807) is 0 Å². The Morgan fingerprint density at radius 2 is 1.11 bits per heavy atom. The Kier molecular flexibility index (Phi) is 5.41. The molecule has 1 heteroatoms. The van der Waals surface area contributed by atoms with Crippen molar-refractivity contribution in [3.63, 3.8) is 0 Å². The van der Waals surface area contributed by atoms with Crippen molar-refractivity contribution in [1.29, 1.82) is 0 Å². The van der Waals surface area contributed by atoms with E-state index in [0.29, 0.717) is 0 Å². The van der Waals surface area contributed by atoms with Crippen molar-refractivity contribution in [3.8, 4) is 22.3 Å². The fourth-order valence-electron chi connectivity index (χ4n) is 5.66. The van der Waals surface area contributed by atoms with Crippen LogP contribution in [0.25, 0.3) is 54.6 Å². The molecule has 38 heavy (non-hydrogen) atoms. The van der Waals surface area contributed by atoms with Crippen LogP contribution in [0.3, 0.4) is 0 Å². The van der Waals surface area contributed by atoms with Gasteiger partial charge in [0.05, 0.1) is 0 Å². The molecule has 0 aliphatic carbocycles. The van der Waals surface area contributed by atoms with Gasteiger partial charge in [0.15, 0.2) is 0 Å². The van der Waals surface area contributed by atoms with Gasteiger partial charge < -0.3 is 5.32 Å². The molecule has 0 aromatic heterocycles. The van der Waals surface area contributed by atoms with E-state index in [-0.39, 0.29) is 0 Å². The van der Waals surface area contributed by atoms with Crippen molar-refractivity contribution in [2.45, 2.75) is 6.92 Å². The van der Waals surface area contributed by atoms with E-state index >= 15 is 0 Å². The van der Waals surface area contributed by atoms with Crippen LogP contribution in [0, 0.1) is 6.92 Å². The van der Waals surface area contributed by atoms with Gasteiger partial charge in [0.25, 0.3) is 0 Å². The number of hydrogen-bond acceptors (Lipinski definition) is 1. The predicted octanol–water partition coefficient (Wildman–Crippen LogP) is 10.5. The highest BCUT2D eigenvalue weighted by Crippen LogP contribution is 2.37. The van der Waals surface area contributed by atoms with E-state index in [2.05, 4.69) is 152 Å². The molecule has 0 unspecified atom stereocenters. The summed E-state index contributed by atoms with van der Waals surface area (Å²) in [6.07, 6.45) is 0. The smallest absolute Gasteiger partial charge is 0.0463 e. The van der Waals surface area contributed by atoms with Gasteiger partial charge in [-0.05, 0) is 85.8 Å². The molecule has 0 fully saturated rings. The molecule has 0 amide bonds. The van der Waals surface area contributed by atoms with Crippen molar-refractivity contribution >= 4 is 43.7 Å². The number of benzene rings is 7. The van der Waals surface area contributed by atoms with Gasteiger partial charge in [-0.15, -0.1) is 0 Å². The Hall–Kier alpha value is -4.88. The summed E-state index contributed by atoms with van der Waals surface area (Å²) in [5.41, 5.74) is 8.33. The maximum absolute atomic E-state index is 3.66. The first-order valence-electron chi connectivity index (χ1n) is 13.1. The van der Waals surface area contributed by atoms with Crippen LogP contribution < -0.4 is 5.32 Å². The van der Waals surface area contributed by atoms with Crippen molar-refractivity contribution < 1.29 is 0 Å². The molecular weight excluding hydrogens is 458 g/mol. The fourth-order valence-corrected chi connectivity index (χ4v) is 5.66. The van der Waals surface area contributed by atoms with Gasteiger partial charge in [-0.2, -0.15) is 0 Å². The second kappa shape index (κ2) is 9.21. The van der Waals surface area contributed by atoms with Gasteiger partial charge in [0.1, 0.15) is 0 Å². The average Bonchev–Trinajstić information content (AvgIpc) is 2.98. The summed E-state index contributed by atoms with van der Waals surface area (Å²) in [6, 6.07) is 50.1. The third-order valence-electron chi connectivity index (χ3n) is 7.56. The average molecular weight is 486 g/mol. The van der Waals surface area contributed by atoms with E-state index in [4.69, 9.17) is 0 Å². The number of aryl methyl sites for hydroxylation is 1. The standard InChI is InChI=1S/C37H27N/c1-25-8-7-11-28-14-15-29-16-17-31-24-30(20-23-34(31)37(29)36(25)28)33-12-5-6-13-35(33)38-32-21-18-27(19-22-32)26-9-3-2-4-10-26/h2-24,38H,1H3. The SMILES string of the molecule is Cc1cccc2ccc3ccc4cc(-c5ccccc5Nc5ccc(-c6ccccc6)cc5)ccc4c3c12. The lowest BCUT2D eigenvalue weighted by Crippen LogP contribution is -1.93. The normalized spacial score (nSPS) is 11.3. The topological polar surface area (TPSA) is 12.0 Å². The van der Waals surface area contributed by atoms with E-state index < -0.39 is 0 Å². The molecule has 0 heterocycles. The number of rotatable bonds is 4. The quantitative estimate of drug-likeness (QED) is 0.244. The van der Waals surface area contributed by atoms with Crippen LogP contribution in [-0.4, -0.2) is 0 Å². The predicted molar refractivity (Wildman–Crippen MR) is 164 cm³/mol. The Balaban J connectivity index is 1.29. The number of nitrogens with one attached hydrogen (secondary N) is 1. The van der Waals surface area contributed by atoms with Crippen molar-refractivity contribution in [2.24, 2.45) is 0 Å². The van der Waals surface area contributed by atoms with Crippen LogP contribution >= 0.6 is 0 Å². The molecule has 1 N–H and O–H groups in total. The van der Waals surface area contributed by atoms with Crippen LogP contribution in [0.4, 0.5) is 11.4 Å². The first kappa shape index (κ1) is 22.3. The minimum Gasteiger partial charge on any atom is -0.355 e. The third kappa shape index (κ3) is 3.90. The van der Waals surface area contributed by atoms with Crippen LogP contribution in [-0.2, 0) is 0 Å². The Bertz CT molecular complexity index is 1930. The lowest BCUT2D eigenvalue weighted by molar-refractivity contribution is 1.53. The molecule has 1 nitrogen and oxygen atoms in total. The fraction of sp³-hybridized carbons (Fsp3) is 0.0270. The monoisotopic (exact) mass is 485 g/mol. The zero-order valence-electron chi connectivity index (χ0n) is 21.3. The van der Waals surface area contributed by atoms with Gasteiger partial charge in [-0.25, -0.2) is 0 Å². The molecule has 0 aliphatic heterocycles. The van der Waals surface area contributed by atoms with Gasteiger partial charge in [0.2, 0.25) is 0 Å². The lowest BCUT2D eigenvalue weighted by Gasteiger charge is -2.15. The molecule has 0 saturated carbocycles. The molecule has 7 aromatic carbocycles. The summed E-state index contributed by atoms with van der Waals surface area (Å²) in [4.78, 5) is 0. The molecule has 7 rings (SSSR count). The number of fused-ring (bicyclic) bond motifs is 5. The molecule has 0 saturated heterocycles. The maximum atomic E-state index is 3.66. The summed E-state index contributed by atoms with van der Waals surface area (Å²) < 4.78 is 0. The Labute approximate surface area is 223 Å². The highest BCUT2D eigenvalue weighted by molar-refractivity contribution is 6.21. The molecule has 180 valence electrons. The lowest BCUT2D eigenvalue weighted by atomic mass is 9.92. The third-order valence-corrected chi connectivity index (χ3v) is 7.56. The van der Waals surface area contributed by atoms with E-state index in [9.17, 15) is 0 Å². The Morgan fingerprint density at radius 1 is 0.447 bits per heavy atom. The van der Waals surface area contributed by atoms with E-state index in [0.717, 1.165) is 11.4 Å². The van der Waals surface area contributed by atoms with Crippen LogP contribution in [0.1, 0.15) is 5.56 Å². The zero-order chi connectivity index (χ0) is 25.5. The van der Waals surface area contributed by atoms with Crippen molar-refractivity contribution in [2.75, 3.05) is 5.32 Å². The highest BCUT2D eigenvalue weighted by Gasteiger charge is 2.11. The summed E-state index contributed by atoms with van der Waals surface area (Å²) >= 11 is 0. The molecule has 0 bridgehead atoms. The van der Waals surface area contributed by atoms with Gasteiger partial charge in [0, 0.05) is 16.9 Å². The molecule has 7 aromatic rings. The Morgan fingerprint density at radius 3 is 1.92 bits per heavy atom. The van der Waals surface area contributed by atoms with Crippen molar-refractivity contribution in [1.82, 2.24) is 0 Å². The number of para-hydroxylation sites is 1. The highest BCUT2D eigenvalue weighted by atomic mass is 14.9. The van der Waals surface area contributed by atoms with Crippen LogP contribution in [0.15, 0.2) is 140 Å². The van der Waals surface area contributed by atoms with Gasteiger partial charge >= 0.3 is 0 Å². The van der Waals surface area contributed by atoms with Crippen LogP contribution in [0.5, 0.6) is 0 Å². The summed E-state index contributed by atoms with van der Waals surface area (Å²) in [6.45, 7) is 2.21. The minimum absolute atomic E-state index is 1.07. The second-order valence-corrected chi connectivity index (χ2v) is 9.95.